The minimum absolute atomic E-state index is 0.0291. The van der Waals surface area contributed by atoms with Crippen molar-refractivity contribution in [1.82, 2.24) is 0 Å². The molecule has 0 aliphatic heterocycles. The van der Waals surface area contributed by atoms with E-state index in [4.69, 9.17) is 4.74 Å². The van der Waals surface area contributed by atoms with Gasteiger partial charge in [-0.2, -0.15) is 0 Å². The Labute approximate surface area is 222 Å². The third-order valence-corrected chi connectivity index (χ3v) is 7.76. The first kappa shape index (κ1) is 34.5. The largest absolute Gasteiger partial charge is 0.465 e. The Kier molecular flexibility index (Phi) is 29.2. The van der Waals surface area contributed by atoms with Crippen molar-refractivity contribution in [3.8, 4) is 0 Å². The number of carbonyl (C=O) groups is 1. The molecule has 2 nitrogen and oxygen atoms in total. The van der Waals surface area contributed by atoms with Crippen LogP contribution in [0.1, 0.15) is 194 Å². The van der Waals surface area contributed by atoms with Crippen LogP contribution >= 0.6 is 0 Å². The molecular weight excluding hydrogens is 428 g/mol. The molecule has 210 valence electrons. The zero-order chi connectivity index (χ0) is 25.7. The van der Waals surface area contributed by atoms with Crippen molar-refractivity contribution < 1.29 is 9.53 Å². The summed E-state index contributed by atoms with van der Waals surface area (Å²) in [6.45, 7) is 7.42. The molecule has 0 saturated carbocycles. The van der Waals surface area contributed by atoms with Crippen LogP contribution in [-0.4, -0.2) is 12.6 Å². The summed E-state index contributed by atoms with van der Waals surface area (Å²) in [6, 6.07) is 0. The van der Waals surface area contributed by atoms with E-state index in [0.29, 0.717) is 18.9 Å². The van der Waals surface area contributed by atoms with E-state index in [-0.39, 0.29) is 5.97 Å². The molecule has 0 heterocycles. The Morgan fingerprint density at radius 2 is 0.829 bits per heavy atom. The van der Waals surface area contributed by atoms with Crippen LogP contribution < -0.4 is 0 Å². The van der Waals surface area contributed by atoms with Gasteiger partial charge in [0.2, 0.25) is 0 Å². The van der Waals surface area contributed by atoms with Gasteiger partial charge >= 0.3 is 5.97 Å². The van der Waals surface area contributed by atoms with Gasteiger partial charge in [0, 0.05) is 6.42 Å². The van der Waals surface area contributed by atoms with E-state index in [1.807, 2.05) is 0 Å². The number of hydrogen-bond donors (Lipinski definition) is 0. The topological polar surface area (TPSA) is 26.3 Å². The second-order valence-corrected chi connectivity index (χ2v) is 11.3. The van der Waals surface area contributed by atoms with Crippen molar-refractivity contribution in [3.05, 3.63) is 0 Å². The van der Waals surface area contributed by atoms with Crippen LogP contribution in [0.3, 0.4) is 0 Å². The second kappa shape index (κ2) is 29.7. The Morgan fingerprint density at radius 1 is 0.486 bits per heavy atom. The molecular formula is C33H66O2. The molecule has 0 aromatic rings. The summed E-state index contributed by atoms with van der Waals surface area (Å²) in [6.07, 6.45) is 35.9. The molecule has 0 aliphatic rings. The number of ether oxygens (including phenoxy) is 1. The fourth-order valence-corrected chi connectivity index (χ4v) is 5.07. The molecule has 1 atom stereocenters. The SMILES string of the molecule is CCCCCCCCCCCCCCCCCCCCCC(=O)OCC(CC)CCCCCCC. The lowest BCUT2D eigenvalue weighted by atomic mass is 9.99. The van der Waals surface area contributed by atoms with Crippen LogP contribution in [0, 0.1) is 5.92 Å². The summed E-state index contributed by atoms with van der Waals surface area (Å²) < 4.78 is 5.57. The maximum absolute atomic E-state index is 12.0. The molecule has 0 aromatic heterocycles. The molecule has 0 fully saturated rings. The monoisotopic (exact) mass is 495 g/mol. The van der Waals surface area contributed by atoms with E-state index in [9.17, 15) is 4.79 Å². The van der Waals surface area contributed by atoms with Gasteiger partial charge in [-0.1, -0.05) is 175 Å². The van der Waals surface area contributed by atoms with E-state index in [2.05, 4.69) is 20.8 Å². The van der Waals surface area contributed by atoms with Gasteiger partial charge < -0.3 is 4.74 Å². The van der Waals surface area contributed by atoms with Gasteiger partial charge in [0.1, 0.15) is 0 Å². The van der Waals surface area contributed by atoms with Crippen LogP contribution in [0.15, 0.2) is 0 Å². The molecule has 0 radical (unpaired) electrons. The number of unbranched alkanes of at least 4 members (excludes halogenated alkanes) is 22. The lowest BCUT2D eigenvalue weighted by Gasteiger charge is -2.15. The average molecular weight is 495 g/mol. The Hall–Kier alpha value is -0.530. The van der Waals surface area contributed by atoms with Crippen molar-refractivity contribution in [2.24, 2.45) is 5.92 Å². The molecule has 0 rings (SSSR count). The molecule has 0 spiro atoms. The molecule has 1 unspecified atom stereocenters. The molecule has 0 amide bonds. The van der Waals surface area contributed by atoms with Crippen molar-refractivity contribution in [3.63, 3.8) is 0 Å². The van der Waals surface area contributed by atoms with Gasteiger partial charge in [0.25, 0.3) is 0 Å². The number of hydrogen-bond acceptors (Lipinski definition) is 2. The van der Waals surface area contributed by atoms with Gasteiger partial charge in [-0.05, 0) is 18.8 Å². The van der Waals surface area contributed by atoms with E-state index in [1.165, 1.54) is 154 Å². The Morgan fingerprint density at radius 3 is 1.20 bits per heavy atom. The van der Waals surface area contributed by atoms with Crippen LogP contribution in [0.25, 0.3) is 0 Å². The maximum atomic E-state index is 12.0. The molecule has 0 aliphatic carbocycles. The van der Waals surface area contributed by atoms with E-state index in [1.54, 1.807) is 0 Å². The first-order chi connectivity index (χ1) is 17.2. The molecule has 2 heteroatoms. The summed E-state index contributed by atoms with van der Waals surface area (Å²) >= 11 is 0. The highest BCUT2D eigenvalue weighted by molar-refractivity contribution is 5.69. The predicted octanol–water partition coefficient (Wildman–Crippen LogP) is 11.7. The summed E-state index contributed by atoms with van der Waals surface area (Å²) in [4.78, 5) is 12.0. The van der Waals surface area contributed by atoms with Gasteiger partial charge in [-0.3, -0.25) is 4.79 Å². The first-order valence-electron chi connectivity index (χ1n) is 16.4. The van der Waals surface area contributed by atoms with E-state index >= 15 is 0 Å². The summed E-state index contributed by atoms with van der Waals surface area (Å²) in [7, 11) is 0. The van der Waals surface area contributed by atoms with Crippen molar-refractivity contribution >= 4 is 5.97 Å². The normalized spacial score (nSPS) is 12.2. The van der Waals surface area contributed by atoms with E-state index < -0.39 is 0 Å². The highest BCUT2D eigenvalue weighted by Gasteiger charge is 2.10. The second-order valence-electron chi connectivity index (χ2n) is 11.3. The molecule has 0 aromatic carbocycles. The van der Waals surface area contributed by atoms with Crippen LogP contribution in [0.5, 0.6) is 0 Å². The lowest BCUT2D eigenvalue weighted by Crippen LogP contribution is -2.13. The predicted molar refractivity (Wildman–Crippen MR) is 156 cm³/mol. The number of carbonyl (C=O) groups excluding carboxylic acids is 1. The third-order valence-electron chi connectivity index (χ3n) is 7.76. The highest BCUT2D eigenvalue weighted by Crippen LogP contribution is 2.17. The van der Waals surface area contributed by atoms with E-state index in [0.717, 1.165) is 12.8 Å². The Bertz CT molecular complexity index is 406. The summed E-state index contributed by atoms with van der Waals surface area (Å²) in [5.41, 5.74) is 0. The average Bonchev–Trinajstić information content (AvgIpc) is 2.87. The minimum Gasteiger partial charge on any atom is -0.465 e. The summed E-state index contributed by atoms with van der Waals surface area (Å²) in [5, 5.41) is 0. The first-order valence-corrected chi connectivity index (χ1v) is 16.4. The quantitative estimate of drug-likeness (QED) is 0.0763. The smallest absolute Gasteiger partial charge is 0.305 e. The summed E-state index contributed by atoms with van der Waals surface area (Å²) in [5.74, 6) is 0.590. The molecule has 35 heavy (non-hydrogen) atoms. The molecule has 0 bridgehead atoms. The van der Waals surface area contributed by atoms with Gasteiger partial charge in [-0.25, -0.2) is 0 Å². The standard InChI is InChI=1S/C33H66O2/c1-4-7-9-11-12-13-14-15-16-17-18-19-20-21-22-23-24-26-28-30-33(34)35-31-32(6-3)29-27-25-10-8-5-2/h32H,4-31H2,1-3H3. The van der Waals surface area contributed by atoms with Gasteiger partial charge in [0.05, 0.1) is 6.61 Å². The minimum atomic E-state index is 0.0291. The van der Waals surface area contributed by atoms with Crippen molar-refractivity contribution in [1.29, 1.82) is 0 Å². The van der Waals surface area contributed by atoms with Crippen molar-refractivity contribution in [2.75, 3.05) is 6.61 Å². The zero-order valence-corrected chi connectivity index (χ0v) is 24.7. The zero-order valence-electron chi connectivity index (χ0n) is 24.7. The van der Waals surface area contributed by atoms with Crippen LogP contribution in [0.2, 0.25) is 0 Å². The fourth-order valence-electron chi connectivity index (χ4n) is 5.07. The Balaban J connectivity index is 3.29. The third kappa shape index (κ3) is 27.9. The number of rotatable bonds is 29. The van der Waals surface area contributed by atoms with Crippen LogP contribution in [0.4, 0.5) is 0 Å². The molecule has 0 saturated heterocycles. The van der Waals surface area contributed by atoms with Gasteiger partial charge in [-0.15, -0.1) is 0 Å². The maximum Gasteiger partial charge on any atom is 0.305 e. The van der Waals surface area contributed by atoms with Crippen LogP contribution in [-0.2, 0) is 9.53 Å². The van der Waals surface area contributed by atoms with Crippen molar-refractivity contribution in [2.45, 2.75) is 194 Å². The number of esters is 1. The highest BCUT2D eigenvalue weighted by atomic mass is 16.5. The molecule has 0 N–H and O–H groups in total. The lowest BCUT2D eigenvalue weighted by molar-refractivity contribution is -0.145. The van der Waals surface area contributed by atoms with Gasteiger partial charge in [0.15, 0.2) is 0 Å². The fraction of sp³-hybridized carbons (Fsp3) is 0.970.